The van der Waals surface area contributed by atoms with E-state index in [0.29, 0.717) is 16.9 Å². The van der Waals surface area contributed by atoms with Crippen LogP contribution in [-0.4, -0.2) is 36.0 Å². The van der Waals surface area contributed by atoms with Crippen LogP contribution in [0, 0.1) is 13.8 Å². The van der Waals surface area contributed by atoms with Gasteiger partial charge in [-0.3, -0.25) is 4.79 Å². The van der Waals surface area contributed by atoms with Crippen molar-refractivity contribution in [2.45, 2.75) is 25.3 Å². The van der Waals surface area contributed by atoms with Gasteiger partial charge in [0.05, 0.1) is 5.69 Å². The normalized spacial score (nSPS) is 11.4. The van der Waals surface area contributed by atoms with Gasteiger partial charge in [0.2, 0.25) is 5.91 Å². The quantitative estimate of drug-likeness (QED) is 0.405. The molecule has 0 atom stereocenters. The molecule has 0 radical (unpaired) electrons. The molecule has 3 aromatic heterocycles. The number of anilines is 1. The highest BCUT2D eigenvalue weighted by molar-refractivity contribution is 7.98. The summed E-state index contributed by atoms with van der Waals surface area (Å²) in [6.07, 6.45) is 5.31. The van der Waals surface area contributed by atoms with Crippen molar-refractivity contribution >= 4 is 34.5 Å². The fraction of sp³-hybridized carbons (Fsp3) is 0.167. The molecule has 0 aliphatic carbocycles. The lowest BCUT2D eigenvalue weighted by atomic mass is 10.0. The van der Waals surface area contributed by atoms with Crippen LogP contribution in [0.5, 0.6) is 0 Å². The molecule has 1 amide bonds. The summed E-state index contributed by atoms with van der Waals surface area (Å²) in [7, 11) is 0. The minimum absolute atomic E-state index is 0.186. The van der Waals surface area contributed by atoms with E-state index in [4.69, 9.17) is 0 Å². The molecule has 0 saturated heterocycles. The zero-order valence-electron chi connectivity index (χ0n) is 18.4. The van der Waals surface area contributed by atoms with Gasteiger partial charge in [0.25, 0.3) is 0 Å². The molecule has 0 bridgehead atoms. The third-order valence-corrected chi connectivity index (χ3v) is 6.23. The van der Waals surface area contributed by atoms with Crippen molar-refractivity contribution in [3.63, 3.8) is 0 Å². The van der Waals surface area contributed by atoms with E-state index in [1.807, 2.05) is 50.4 Å². The number of aromatic nitrogens is 5. The van der Waals surface area contributed by atoms with Gasteiger partial charge in [0.15, 0.2) is 5.65 Å². The average Bonchev–Trinajstić information content (AvgIpc) is 3.37. The van der Waals surface area contributed by atoms with Crippen molar-refractivity contribution in [2.24, 2.45) is 0 Å². The first kappa shape index (κ1) is 21.0. The highest BCUT2D eigenvalue weighted by Gasteiger charge is 2.16. The number of benzene rings is 2. The number of hydrogen-bond donors (Lipinski definition) is 1. The zero-order chi connectivity index (χ0) is 23.1. The molecule has 33 heavy (non-hydrogen) atoms. The number of carbonyl (C=O) groups is 1. The fourth-order valence-electron chi connectivity index (χ4n) is 3.82. The molecule has 8 nitrogen and oxygen atoms in total. The highest BCUT2D eigenvalue weighted by Crippen LogP contribution is 2.25. The molecule has 9 heteroatoms. The van der Waals surface area contributed by atoms with E-state index in [9.17, 15) is 9.59 Å². The van der Waals surface area contributed by atoms with Gasteiger partial charge in [-0.05, 0) is 56.0 Å². The Kier molecular flexibility index (Phi) is 5.26. The molecule has 0 saturated carbocycles. The standard InChI is InChI=1S/C24H22N6O2S/c1-15-7-8-16(2)19(11-15)20-13-21-23-27-30(24(32)28(23)9-10-29(21)26-20)14-22(31)25-17-5-4-6-18(12-17)33-3/h4-13H,14H2,1-3H3,(H,25,31). The second-order valence-electron chi connectivity index (χ2n) is 7.89. The smallest absolute Gasteiger partial charge is 0.324 e. The summed E-state index contributed by atoms with van der Waals surface area (Å²) in [4.78, 5) is 26.5. The molecule has 0 aliphatic heterocycles. The predicted molar refractivity (Wildman–Crippen MR) is 130 cm³/mol. The monoisotopic (exact) mass is 458 g/mol. The van der Waals surface area contributed by atoms with Crippen LogP contribution in [0.1, 0.15) is 11.1 Å². The maximum atomic E-state index is 12.9. The Morgan fingerprint density at radius 2 is 1.91 bits per heavy atom. The third kappa shape index (κ3) is 3.91. The molecule has 166 valence electrons. The van der Waals surface area contributed by atoms with Crippen LogP contribution in [0.25, 0.3) is 22.4 Å². The Morgan fingerprint density at radius 1 is 1.06 bits per heavy atom. The van der Waals surface area contributed by atoms with E-state index < -0.39 is 0 Å². The van der Waals surface area contributed by atoms with E-state index in [1.165, 1.54) is 9.08 Å². The summed E-state index contributed by atoms with van der Waals surface area (Å²) in [5, 5.41) is 12.0. The summed E-state index contributed by atoms with van der Waals surface area (Å²) < 4.78 is 4.32. The average molecular weight is 459 g/mol. The van der Waals surface area contributed by atoms with Crippen molar-refractivity contribution in [1.82, 2.24) is 23.8 Å². The van der Waals surface area contributed by atoms with Crippen LogP contribution < -0.4 is 11.0 Å². The van der Waals surface area contributed by atoms with Gasteiger partial charge in [0.1, 0.15) is 12.1 Å². The topological polar surface area (TPSA) is 85.7 Å². The van der Waals surface area contributed by atoms with E-state index in [1.54, 1.807) is 28.7 Å². The number of aryl methyl sites for hydroxylation is 2. The highest BCUT2D eigenvalue weighted by atomic mass is 32.2. The number of amides is 1. The molecule has 0 fully saturated rings. The van der Waals surface area contributed by atoms with Crippen LogP contribution in [0.4, 0.5) is 5.69 Å². The molecule has 2 aromatic carbocycles. The summed E-state index contributed by atoms with van der Waals surface area (Å²) in [6, 6.07) is 15.7. The van der Waals surface area contributed by atoms with Gasteiger partial charge in [-0.25, -0.2) is 18.4 Å². The van der Waals surface area contributed by atoms with Crippen molar-refractivity contribution < 1.29 is 4.79 Å². The SMILES string of the molecule is CSc1cccc(NC(=O)Cn2nc3c4cc(-c5cc(C)ccc5C)nn4ccn3c2=O)c1. The lowest BCUT2D eigenvalue weighted by molar-refractivity contribution is -0.117. The van der Waals surface area contributed by atoms with E-state index in [-0.39, 0.29) is 18.1 Å². The number of fused-ring (bicyclic) bond motifs is 3. The van der Waals surface area contributed by atoms with Gasteiger partial charge >= 0.3 is 5.69 Å². The molecule has 3 heterocycles. The van der Waals surface area contributed by atoms with Gasteiger partial charge < -0.3 is 5.32 Å². The third-order valence-electron chi connectivity index (χ3n) is 5.51. The first-order chi connectivity index (χ1) is 15.9. The maximum absolute atomic E-state index is 12.9. The largest absolute Gasteiger partial charge is 0.350 e. The lowest BCUT2D eigenvalue weighted by Gasteiger charge is -2.05. The number of carbonyl (C=O) groups excluding carboxylic acids is 1. The van der Waals surface area contributed by atoms with Crippen molar-refractivity contribution in [2.75, 3.05) is 11.6 Å². The Bertz CT molecular complexity index is 1580. The number of rotatable bonds is 5. The molecule has 1 N–H and O–H groups in total. The number of nitrogens with one attached hydrogen (secondary N) is 1. The zero-order valence-corrected chi connectivity index (χ0v) is 19.3. The molecule has 5 rings (SSSR count). The first-order valence-electron chi connectivity index (χ1n) is 10.4. The number of nitrogens with zero attached hydrogens (tertiary/aromatic N) is 5. The van der Waals surface area contributed by atoms with Crippen molar-refractivity contribution in [3.05, 3.63) is 82.5 Å². The van der Waals surface area contributed by atoms with E-state index >= 15 is 0 Å². The summed E-state index contributed by atoms with van der Waals surface area (Å²) in [5.74, 6) is -0.320. The minimum atomic E-state index is -0.380. The summed E-state index contributed by atoms with van der Waals surface area (Å²) in [6.45, 7) is 3.90. The van der Waals surface area contributed by atoms with Crippen molar-refractivity contribution in [1.29, 1.82) is 0 Å². The van der Waals surface area contributed by atoms with Crippen LogP contribution in [0.2, 0.25) is 0 Å². The molecule has 0 spiro atoms. The second-order valence-corrected chi connectivity index (χ2v) is 8.77. The Labute approximate surface area is 193 Å². The van der Waals surface area contributed by atoms with E-state index in [0.717, 1.165) is 27.3 Å². The Morgan fingerprint density at radius 3 is 2.73 bits per heavy atom. The van der Waals surface area contributed by atoms with Gasteiger partial charge in [-0.1, -0.05) is 23.8 Å². The van der Waals surface area contributed by atoms with Crippen LogP contribution >= 0.6 is 11.8 Å². The van der Waals surface area contributed by atoms with Crippen LogP contribution in [-0.2, 0) is 11.3 Å². The minimum Gasteiger partial charge on any atom is -0.324 e. The van der Waals surface area contributed by atoms with Gasteiger partial charge in [-0.15, -0.1) is 16.9 Å². The van der Waals surface area contributed by atoms with Crippen LogP contribution in [0.3, 0.4) is 0 Å². The Balaban J connectivity index is 1.49. The Hall–Kier alpha value is -3.85. The number of thioether (sulfide) groups is 1. The maximum Gasteiger partial charge on any atom is 0.350 e. The molecule has 5 aromatic rings. The molecular formula is C24H22N6O2S. The predicted octanol–water partition coefficient (Wildman–Crippen LogP) is 3.79. The lowest BCUT2D eigenvalue weighted by Crippen LogP contribution is -2.28. The fourth-order valence-corrected chi connectivity index (χ4v) is 4.28. The molecule has 0 unspecified atom stereocenters. The number of hydrogen-bond acceptors (Lipinski definition) is 5. The first-order valence-corrected chi connectivity index (χ1v) is 11.6. The van der Waals surface area contributed by atoms with E-state index in [2.05, 4.69) is 33.7 Å². The van der Waals surface area contributed by atoms with Crippen LogP contribution in [0.15, 0.2) is 70.6 Å². The second kappa shape index (κ2) is 8.25. The molecular weight excluding hydrogens is 436 g/mol. The van der Waals surface area contributed by atoms with Gasteiger partial charge in [-0.2, -0.15) is 5.10 Å². The summed E-state index contributed by atoms with van der Waals surface area (Å²) in [5.41, 5.74) is 5.54. The van der Waals surface area contributed by atoms with Gasteiger partial charge in [0, 0.05) is 28.5 Å². The summed E-state index contributed by atoms with van der Waals surface area (Å²) >= 11 is 1.59. The molecule has 0 aliphatic rings. The van der Waals surface area contributed by atoms with Crippen molar-refractivity contribution in [3.8, 4) is 11.3 Å².